The van der Waals surface area contributed by atoms with Gasteiger partial charge >= 0.3 is 0 Å². The summed E-state index contributed by atoms with van der Waals surface area (Å²) in [7, 11) is 0. The van der Waals surface area contributed by atoms with Gasteiger partial charge in [-0.05, 0) is 35.9 Å². The van der Waals surface area contributed by atoms with Crippen LogP contribution in [0.2, 0.25) is 0 Å². The summed E-state index contributed by atoms with van der Waals surface area (Å²) in [5.41, 5.74) is 2.06. The average Bonchev–Trinajstić information content (AvgIpc) is 2.46. The fourth-order valence-electron chi connectivity index (χ4n) is 1.60. The van der Waals surface area contributed by atoms with E-state index in [1.54, 1.807) is 30.3 Å². The largest absolute Gasteiger partial charge is 0.489 e. The van der Waals surface area contributed by atoms with Crippen LogP contribution in [0.15, 0.2) is 46.9 Å². The molecule has 0 atom stereocenters. The van der Waals surface area contributed by atoms with E-state index < -0.39 is 0 Å². The lowest BCUT2D eigenvalue weighted by molar-refractivity contribution is 0.112. The maximum absolute atomic E-state index is 10.8. The second-order valence-corrected chi connectivity index (χ2v) is 4.76. The van der Waals surface area contributed by atoms with Crippen molar-refractivity contribution in [1.82, 2.24) is 0 Å². The van der Waals surface area contributed by atoms with Crippen molar-refractivity contribution in [2.45, 2.75) is 6.61 Å². The molecule has 2 rings (SSSR count). The Hall–Kier alpha value is -2.12. The van der Waals surface area contributed by atoms with Gasteiger partial charge < -0.3 is 4.74 Å². The second-order valence-electron chi connectivity index (χ2n) is 3.90. The van der Waals surface area contributed by atoms with Crippen LogP contribution >= 0.6 is 15.9 Å². The molecule has 19 heavy (non-hydrogen) atoms. The molecule has 0 aliphatic heterocycles. The maximum atomic E-state index is 10.8. The molecule has 0 unspecified atom stereocenters. The van der Waals surface area contributed by atoms with Gasteiger partial charge in [0, 0.05) is 10.0 Å². The lowest BCUT2D eigenvalue weighted by atomic mass is 10.1. The Labute approximate surface area is 119 Å². The number of nitrogens with zero attached hydrogens (tertiary/aromatic N) is 1. The van der Waals surface area contributed by atoms with Crippen LogP contribution in [0.5, 0.6) is 5.75 Å². The fourth-order valence-corrected chi connectivity index (χ4v) is 1.94. The number of halogens is 1. The molecule has 0 aliphatic carbocycles. The number of carbonyl (C=O) groups excluding carboxylic acids is 1. The van der Waals surface area contributed by atoms with Crippen molar-refractivity contribution in [3.05, 3.63) is 63.6 Å². The maximum Gasteiger partial charge on any atom is 0.151 e. The second kappa shape index (κ2) is 6.17. The molecule has 0 saturated carbocycles. The number of hydrogen-bond donors (Lipinski definition) is 0. The van der Waals surface area contributed by atoms with Crippen LogP contribution in [0.1, 0.15) is 21.5 Å². The van der Waals surface area contributed by atoms with E-state index in [2.05, 4.69) is 22.0 Å². The smallest absolute Gasteiger partial charge is 0.151 e. The van der Waals surface area contributed by atoms with Crippen LogP contribution < -0.4 is 4.74 Å². The van der Waals surface area contributed by atoms with Crippen LogP contribution in [0.4, 0.5) is 0 Å². The first-order valence-electron chi connectivity index (χ1n) is 5.59. The molecular weight excluding hydrogens is 306 g/mol. The van der Waals surface area contributed by atoms with Gasteiger partial charge in [0.15, 0.2) is 6.29 Å². The van der Waals surface area contributed by atoms with Crippen LogP contribution in [0.3, 0.4) is 0 Å². The minimum Gasteiger partial charge on any atom is -0.489 e. The van der Waals surface area contributed by atoms with Gasteiger partial charge in [-0.2, -0.15) is 5.26 Å². The molecule has 0 aliphatic rings. The number of rotatable bonds is 4. The van der Waals surface area contributed by atoms with E-state index in [1.165, 1.54) is 0 Å². The standard InChI is InChI=1S/C15H10BrNO2/c16-15-5-4-14(7-13(15)9-18)19-10-12-3-1-2-11(6-12)8-17/h1-7,9H,10H2. The molecule has 0 heterocycles. The summed E-state index contributed by atoms with van der Waals surface area (Å²) >= 11 is 3.28. The highest BCUT2D eigenvalue weighted by Gasteiger charge is 2.02. The van der Waals surface area contributed by atoms with Crippen LogP contribution in [0, 0.1) is 11.3 Å². The predicted octanol–water partition coefficient (Wildman–Crippen LogP) is 3.71. The zero-order valence-corrected chi connectivity index (χ0v) is 11.6. The zero-order chi connectivity index (χ0) is 13.7. The quantitative estimate of drug-likeness (QED) is 0.808. The van der Waals surface area contributed by atoms with E-state index in [-0.39, 0.29) is 0 Å². The van der Waals surface area contributed by atoms with Gasteiger partial charge in [0.2, 0.25) is 0 Å². The third-order valence-electron chi connectivity index (χ3n) is 2.56. The van der Waals surface area contributed by atoms with Crippen LogP contribution in [-0.4, -0.2) is 6.29 Å². The fraction of sp³-hybridized carbons (Fsp3) is 0.0667. The van der Waals surface area contributed by atoms with Gasteiger partial charge in [-0.3, -0.25) is 4.79 Å². The SMILES string of the molecule is N#Cc1cccc(COc2ccc(Br)c(C=O)c2)c1. The van der Waals surface area contributed by atoms with Gasteiger partial charge in [-0.15, -0.1) is 0 Å². The summed E-state index contributed by atoms with van der Waals surface area (Å²) in [6, 6.07) is 14.5. The summed E-state index contributed by atoms with van der Waals surface area (Å²) in [5.74, 6) is 0.618. The molecule has 2 aromatic rings. The molecule has 0 aromatic heterocycles. The van der Waals surface area contributed by atoms with E-state index in [4.69, 9.17) is 10.00 Å². The Morgan fingerprint density at radius 1 is 1.26 bits per heavy atom. The Morgan fingerprint density at radius 3 is 2.84 bits per heavy atom. The molecule has 0 amide bonds. The Morgan fingerprint density at radius 2 is 2.11 bits per heavy atom. The first-order valence-corrected chi connectivity index (χ1v) is 6.39. The van der Waals surface area contributed by atoms with Gasteiger partial charge in [-0.1, -0.05) is 28.1 Å². The number of hydrogen-bond acceptors (Lipinski definition) is 3. The highest BCUT2D eigenvalue weighted by molar-refractivity contribution is 9.10. The van der Waals surface area contributed by atoms with Crippen molar-refractivity contribution in [2.24, 2.45) is 0 Å². The molecular formula is C15H10BrNO2. The molecule has 0 fully saturated rings. The molecule has 0 N–H and O–H groups in total. The highest BCUT2D eigenvalue weighted by Crippen LogP contribution is 2.22. The molecule has 0 bridgehead atoms. The third kappa shape index (κ3) is 3.43. The molecule has 3 nitrogen and oxygen atoms in total. The van der Waals surface area contributed by atoms with Crippen molar-refractivity contribution >= 4 is 22.2 Å². The van der Waals surface area contributed by atoms with Gasteiger partial charge in [0.1, 0.15) is 12.4 Å². The van der Waals surface area contributed by atoms with Gasteiger partial charge in [-0.25, -0.2) is 0 Å². The van der Waals surface area contributed by atoms with E-state index in [0.29, 0.717) is 23.5 Å². The summed E-state index contributed by atoms with van der Waals surface area (Å²) in [6.45, 7) is 0.357. The Kier molecular flexibility index (Phi) is 4.32. The summed E-state index contributed by atoms with van der Waals surface area (Å²) in [6.07, 6.45) is 0.771. The Bertz CT molecular complexity index is 647. The molecule has 2 aromatic carbocycles. The van der Waals surface area contributed by atoms with Crippen molar-refractivity contribution in [1.29, 1.82) is 5.26 Å². The normalized spacial score (nSPS) is 9.68. The predicted molar refractivity (Wildman–Crippen MR) is 75.0 cm³/mol. The average molecular weight is 316 g/mol. The molecule has 0 spiro atoms. The molecule has 94 valence electrons. The number of ether oxygens (including phenoxy) is 1. The lowest BCUT2D eigenvalue weighted by Gasteiger charge is -2.07. The molecule has 0 radical (unpaired) electrons. The van der Waals surface area contributed by atoms with E-state index in [0.717, 1.165) is 16.3 Å². The first-order chi connectivity index (χ1) is 9.22. The Balaban J connectivity index is 2.10. The topological polar surface area (TPSA) is 50.1 Å². The van der Waals surface area contributed by atoms with E-state index in [9.17, 15) is 4.79 Å². The molecule has 0 saturated heterocycles. The van der Waals surface area contributed by atoms with Crippen molar-refractivity contribution in [3.8, 4) is 11.8 Å². The van der Waals surface area contributed by atoms with Gasteiger partial charge in [0.25, 0.3) is 0 Å². The number of aldehydes is 1. The minimum atomic E-state index is 0.357. The number of nitriles is 1. The van der Waals surface area contributed by atoms with Crippen molar-refractivity contribution in [3.63, 3.8) is 0 Å². The van der Waals surface area contributed by atoms with Gasteiger partial charge in [0.05, 0.1) is 11.6 Å². The van der Waals surface area contributed by atoms with Crippen LogP contribution in [-0.2, 0) is 6.61 Å². The number of benzene rings is 2. The van der Waals surface area contributed by atoms with E-state index in [1.807, 2.05) is 12.1 Å². The molecule has 4 heteroatoms. The highest BCUT2D eigenvalue weighted by atomic mass is 79.9. The minimum absolute atomic E-state index is 0.357. The lowest BCUT2D eigenvalue weighted by Crippen LogP contribution is -1.96. The zero-order valence-electron chi connectivity index (χ0n) is 9.97. The summed E-state index contributed by atoms with van der Waals surface area (Å²) in [5, 5.41) is 8.81. The summed E-state index contributed by atoms with van der Waals surface area (Å²) in [4.78, 5) is 10.8. The third-order valence-corrected chi connectivity index (χ3v) is 3.28. The van der Waals surface area contributed by atoms with Crippen molar-refractivity contribution < 1.29 is 9.53 Å². The van der Waals surface area contributed by atoms with Crippen molar-refractivity contribution in [2.75, 3.05) is 0 Å². The van der Waals surface area contributed by atoms with Crippen LogP contribution in [0.25, 0.3) is 0 Å². The monoisotopic (exact) mass is 315 g/mol. The first kappa shape index (κ1) is 13.3. The number of carbonyl (C=O) groups is 1. The summed E-state index contributed by atoms with van der Waals surface area (Å²) < 4.78 is 6.34. The van der Waals surface area contributed by atoms with E-state index >= 15 is 0 Å².